The van der Waals surface area contributed by atoms with Crippen molar-refractivity contribution in [2.24, 2.45) is 5.92 Å². The summed E-state index contributed by atoms with van der Waals surface area (Å²) in [5, 5.41) is 9.73. The Kier molecular flexibility index (Phi) is 2.67. The molecule has 0 saturated carbocycles. The molecule has 1 N–H and O–H groups in total. The zero-order chi connectivity index (χ0) is 11.8. The van der Waals surface area contributed by atoms with E-state index in [-0.39, 0.29) is 6.10 Å². The summed E-state index contributed by atoms with van der Waals surface area (Å²) in [7, 11) is 1.74. The third-order valence-electron chi connectivity index (χ3n) is 4.01. The summed E-state index contributed by atoms with van der Waals surface area (Å²) in [4.78, 5) is 0. The molecule has 0 radical (unpaired) electrons. The maximum absolute atomic E-state index is 9.73. The Balaban J connectivity index is 2.07. The van der Waals surface area contributed by atoms with Gasteiger partial charge in [-0.2, -0.15) is 0 Å². The Hall–Kier alpha value is -1.28. The van der Waals surface area contributed by atoms with Crippen LogP contribution in [0.1, 0.15) is 30.4 Å². The minimum Gasteiger partial charge on any atom is -0.496 e. The molecule has 0 heterocycles. The average Bonchev–Trinajstić information content (AvgIpc) is 2.37. The zero-order valence-corrected chi connectivity index (χ0v) is 10.1. The summed E-state index contributed by atoms with van der Waals surface area (Å²) < 4.78 is 5.44. The molecule has 0 unspecified atom stereocenters. The number of aliphatic hydroxyl groups is 1. The second kappa shape index (κ2) is 4.19. The van der Waals surface area contributed by atoms with Crippen LogP contribution in [0, 0.1) is 5.92 Å². The maximum Gasteiger partial charge on any atom is 0.122 e. The van der Waals surface area contributed by atoms with E-state index in [0.717, 1.165) is 31.4 Å². The summed E-state index contributed by atoms with van der Waals surface area (Å²) in [5.74, 6) is 1.55. The fourth-order valence-electron chi connectivity index (χ4n) is 3.19. The summed E-state index contributed by atoms with van der Waals surface area (Å²) in [5.41, 5.74) is 4.11. The molecule has 90 valence electrons. The van der Waals surface area contributed by atoms with Crippen molar-refractivity contribution in [3.63, 3.8) is 0 Å². The number of aliphatic hydroxyl groups excluding tert-OH is 1. The first-order valence-electron chi connectivity index (χ1n) is 6.34. The summed E-state index contributed by atoms with van der Waals surface area (Å²) in [6.07, 6.45) is 5.99. The van der Waals surface area contributed by atoms with E-state index in [1.165, 1.54) is 16.7 Å². The highest BCUT2D eigenvalue weighted by Gasteiger charge is 2.29. The molecule has 3 rings (SSSR count). The molecule has 1 aromatic carbocycles. The van der Waals surface area contributed by atoms with Crippen LogP contribution in [0.25, 0.3) is 5.57 Å². The maximum atomic E-state index is 9.73. The van der Waals surface area contributed by atoms with Crippen LogP contribution in [0.2, 0.25) is 0 Å². The average molecular weight is 230 g/mol. The highest BCUT2D eigenvalue weighted by molar-refractivity contribution is 5.74. The molecule has 17 heavy (non-hydrogen) atoms. The van der Waals surface area contributed by atoms with Crippen LogP contribution in [0.15, 0.2) is 24.3 Å². The van der Waals surface area contributed by atoms with Crippen LogP contribution in [-0.4, -0.2) is 18.3 Å². The van der Waals surface area contributed by atoms with Gasteiger partial charge >= 0.3 is 0 Å². The minimum atomic E-state index is -0.143. The van der Waals surface area contributed by atoms with E-state index in [2.05, 4.69) is 18.2 Å². The lowest BCUT2D eigenvalue weighted by Crippen LogP contribution is -2.23. The van der Waals surface area contributed by atoms with Crippen molar-refractivity contribution in [2.45, 2.75) is 31.8 Å². The number of allylic oxidation sites excluding steroid dienone is 1. The molecule has 0 amide bonds. The number of methoxy groups -OCH3 is 1. The van der Waals surface area contributed by atoms with Crippen molar-refractivity contribution in [3.8, 4) is 5.75 Å². The SMILES string of the molecule is COc1cccc2c1CC[C@H]1C[C@@H](O)CC=C21. The Morgan fingerprint density at radius 2 is 2.24 bits per heavy atom. The summed E-state index contributed by atoms with van der Waals surface area (Å²) in [6.45, 7) is 0. The molecule has 2 atom stereocenters. The minimum absolute atomic E-state index is 0.143. The standard InChI is InChI=1S/C15H18O2/c1-17-15-4-2-3-13-12-8-6-11(16)9-10(12)5-7-14(13)15/h2-4,8,10-11,16H,5-7,9H2,1H3/t10-,11-/m0/s1. The second-order valence-corrected chi connectivity index (χ2v) is 5.01. The van der Waals surface area contributed by atoms with Crippen LogP contribution in [0.4, 0.5) is 0 Å². The first-order chi connectivity index (χ1) is 8.29. The van der Waals surface area contributed by atoms with Gasteiger partial charge in [0.2, 0.25) is 0 Å². The van der Waals surface area contributed by atoms with Crippen molar-refractivity contribution < 1.29 is 9.84 Å². The van der Waals surface area contributed by atoms with Gasteiger partial charge in [0.05, 0.1) is 13.2 Å². The van der Waals surface area contributed by atoms with Gasteiger partial charge in [-0.3, -0.25) is 0 Å². The van der Waals surface area contributed by atoms with E-state index in [4.69, 9.17) is 4.74 Å². The second-order valence-electron chi connectivity index (χ2n) is 5.01. The monoisotopic (exact) mass is 230 g/mol. The molecule has 1 aromatic rings. The van der Waals surface area contributed by atoms with Crippen LogP contribution in [0.3, 0.4) is 0 Å². The Labute approximate surface area is 102 Å². The highest BCUT2D eigenvalue weighted by Crippen LogP contribution is 2.43. The van der Waals surface area contributed by atoms with E-state index < -0.39 is 0 Å². The summed E-state index contributed by atoms with van der Waals surface area (Å²) >= 11 is 0. The van der Waals surface area contributed by atoms with Gasteiger partial charge in [0.25, 0.3) is 0 Å². The third kappa shape index (κ3) is 1.77. The van der Waals surface area contributed by atoms with Gasteiger partial charge < -0.3 is 9.84 Å². The predicted molar refractivity (Wildman–Crippen MR) is 68.0 cm³/mol. The number of hydrogen-bond acceptors (Lipinski definition) is 2. The van der Waals surface area contributed by atoms with E-state index in [1.54, 1.807) is 7.11 Å². The van der Waals surface area contributed by atoms with Crippen LogP contribution >= 0.6 is 0 Å². The third-order valence-corrected chi connectivity index (χ3v) is 4.01. The molecular weight excluding hydrogens is 212 g/mol. The normalized spacial score (nSPS) is 26.8. The Morgan fingerprint density at radius 3 is 3.06 bits per heavy atom. The fraction of sp³-hybridized carbons (Fsp3) is 0.467. The van der Waals surface area contributed by atoms with Gasteiger partial charge in [-0.05, 0) is 48.8 Å². The van der Waals surface area contributed by atoms with E-state index >= 15 is 0 Å². The molecule has 0 saturated heterocycles. The number of rotatable bonds is 1. The molecule has 2 nitrogen and oxygen atoms in total. The van der Waals surface area contributed by atoms with Crippen LogP contribution in [0.5, 0.6) is 5.75 Å². The number of hydrogen-bond donors (Lipinski definition) is 1. The molecule has 0 fully saturated rings. The van der Waals surface area contributed by atoms with Crippen molar-refractivity contribution in [1.29, 1.82) is 0 Å². The Morgan fingerprint density at radius 1 is 1.35 bits per heavy atom. The fourth-order valence-corrected chi connectivity index (χ4v) is 3.19. The lowest BCUT2D eigenvalue weighted by molar-refractivity contribution is 0.147. The summed E-state index contributed by atoms with van der Waals surface area (Å²) in [6, 6.07) is 6.29. The zero-order valence-electron chi connectivity index (χ0n) is 10.1. The first-order valence-corrected chi connectivity index (χ1v) is 6.34. The lowest BCUT2D eigenvalue weighted by atomic mass is 9.73. The van der Waals surface area contributed by atoms with Crippen LogP contribution < -0.4 is 4.74 Å². The van der Waals surface area contributed by atoms with Crippen molar-refractivity contribution in [3.05, 3.63) is 35.4 Å². The molecule has 0 bridgehead atoms. The van der Waals surface area contributed by atoms with E-state index in [1.807, 2.05) is 6.07 Å². The van der Waals surface area contributed by atoms with Crippen LogP contribution in [-0.2, 0) is 6.42 Å². The quantitative estimate of drug-likeness (QED) is 0.804. The largest absolute Gasteiger partial charge is 0.496 e. The molecule has 0 aromatic heterocycles. The van der Waals surface area contributed by atoms with Crippen molar-refractivity contribution >= 4 is 5.57 Å². The number of fused-ring (bicyclic) bond motifs is 3. The predicted octanol–water partition coefficient (Wildman–Crippen LogP) is 2.80. The van der Waals surface area contributed by atoms with E-state index in [0.29, 0.717) is 5.92 Å². The molecule has 2 heteroatoms. The van der Waals surface area contributed by atoms with Crippen molar-refractivity contribution in [1.82, 2.24) is 0 Å². The first kappa shape index (κ1) is 10.8. The topological polar surface area (TPSA) is 29.5 Å². The smallest absolute Gasteiger partial charge is 0.122 e. The lowest BCUT2D eigenvalue weighted by Gasteiger charge is -2.33. The Bertz CT molecular complexity index is 462. The van der Waals surface area contributed by atoms with Gasteiger partial charge in [-0.1, -0.05) is 18.2 Å². The van der Waals surface area contributed by atoms with Gasteiger partial charge in [0.15, 0.2) is 0 Å². The number of ether oxygens (including phenoxy) is 1. The van der Waals surface area contributed by atoms with Gasteiger partial charge in [-0.25, -0.2) is 0 Å². The van der Waals surface area contributed by atoms with Gasteiger partial charge in [-0.15, -0.1) is 0 Å². The molecular formula is C15H18O2. The van der Waals surface area contributed by atoms with Gasteiger partial charge in [0.1, 0.15) is 5.75 Å². The van der Waals surface area contributed by atoms with E-state index in [9.17, 15) is 5.11 Å². The number of benzene rings is 1. The van der Waals surface area contributed by atoms with Gasteiger partial charge in [0, 0.05) is 5.56 Å². The molecule has 0 aliphatic heterocycles. The molecule has 2 aliphatic rings. The van der Waals surface area contributed by atoms with Crippen molar-refractivity contribution in [2.75, 3.05) is 7.11 Å². The molecule has 0 spiro atoms. The highest BCUT2D eigenvalue weighted by atomic mass is 16.5. The molecule has 2 aliphatic carbocycles.